The number of amides is 2. The maximum absolute atomic E-state index is 12.0. The standard InChI is InChI=1S/C12H20Cl2N2O5/c1-3-7(13)5-16(6-8(14)4-2)12(21)15-9(10(17)18)11(19)20/h7-9H,3-6H2,1-2H3,(H,15,21)(H,17,18)(H,19,20). The summed E-state index contributed by atoms with van der Waals surface area (Å²) in [4.78, 5) is 34.9. The number of alkyl halides is 2. The third kappa shape index (κ3) is 7.38. The number of carboxylic acid groups (broad SMARTS) is 2. The molecule has 0 aliphatic heterocycles. The number of hydrogen-bond donors (Lipinski definition) is 3. The van der Waals surface area contributed by atoms with Crippen molar-refractivity contribution >= 4 is 41.2 Å². The molecule has 0 aromatic heterocycles. The molecule has 0 saturated heterocycles. The average molecular weight is 343 g/mol. The van der Waals surface area contributed by atoms with Gasteiger partial charge in [0.2, 0.25) is 6.04 Å². The van der Waals surface area contributed by atoms with Gasteiger partial charge in [0.25, 0.3) is 0 Å². The molecule has 0 aliphatic carbocycles. The van der Waals surface area contributed by atoms with E-state index in [1.54, 1.807) is 0 Å². The topological polar surface area (TPSA) is 107 Å². The van der Waals surface area contributed by atoms with E-state index in [4.69, 9.17) is 33.4 Å². The molecule has 0 radical (unpaired) electrons. The van der Waals surface area contributed by atoms with Crippen molar-refractivity contribution < 1.29 is 24.6 Å². The highest BCUT2D eigenvalue weighted by molar-refractivity contribution is 6.21. The molecule has 0 bridgehead atoms. The van der Waals surface area contributed by atoms with Gasteiger partial charge >= 0.3 is 18.0 Å². The van der Waals surface area contributed by atoms with Crippen LogP contribution in [0.5, 0.6) is 0 Å². The fourth-order valence-corrected chi connectivity index (χ4v) is 1.75. The fourth-order valence-electron chi connectivity index (χ4n) is 1.42. The van der Waals surface area contributed by atoms with E-state index in [2.05, 4.69) is 0 Å². The first-order valence-corrected chi connectivity index (χ1v) is 7.39. The van der Waals surface area contributed by atoms with Crippen LogP contribution in [0.1, 0.15) is 26.7 Å². The predicted octanol–water partition coefficient (Wildman–Crippen LogP) is 1.57. The largest absolute Gasteiger partial charge is 0.479 e. The summed E-state index contributed by atoms with van der Waals surface area (Å²) in [5.41, 5.74) is 0. The van der Waals surface area contributed by atoms with Gasteiger partial charge in [0.1, 0.15) is 0 Å². The Kier molecular flexibility index (Phi) is 9.12. The zero-order valence-electron chi connectivity index (χ0n) is 11.9. The quantitative estimate of drug-likeness (QED) is 0.435. The highest BCUT2D eigenvalue weighted by Crippen LogP contribution is 2.10. The fraction of sp³-hybridized carbons (Fsp3) is 0.750. The first-order valence-electron chi connectivity index (χ1n) is 6.52. The Morgan fingerprint density at radius 1 is 1.00 bits per heavy atom. The highest BCUT2D eigenvalue weighted by atomic mass is 35.5. The number of carbonyl (C=O) groups is 3. The van der Waals surface area contributed by atoms with Gasteiger partial charge in [0, 0.05) is 13.1 Å². The van der Waals surface area contributed by atoms with Gasteiger partial charge < -0.3 is 20.4 Å². The second kappa shape index (κ2) is 9.68. The molecule has 0 aliphatic rings. The molecule has 0 rings (SSSR count). The average Bonchev–Trinajstić information content (AvgIpc) is 2.42. The monoisotopic (exact) mass is 342 g/mol. The Balaban J connectivity index is 4.91. The summed E-state index contributed by atoms with van der Waals surface area (Å²) >= 11 is 12.0. The smallest absolute Gasteiger partial charge is 0.338 e. The number of hydrogen-bond acceptors (Lipinski definition) is 3. The Bertz CT molecular complexity index is 355. The number of urea groups is 1. The molecular formula is C12H20Cl2N2O5. The second-order valence-corrected chi connectivity index (χ2v) is 5.71. The summed E-state index contributed by atoms with van der Waals surface area (Å²) in [7, 11) is 0. The molecule has 0 aromatic rings. The zero-order valence-corrected chi connectivity index (χ0v) is 13.4. The lowest BCUT2D eigenvalue weighted by Gasteiger charge is -2.27. The Morgan fingerprint density at radius 2 is 1.38 bits per heavy atom. The molecule has 0 fully saturated rings. The Hall–Kier alpha value is -1.21. The van der Waals surface area contributed by atoms with Crippen molar-refractivity contribution in [3.8, 4) is 0 Å². The molecule has 3 N–H and O–H groups in total. The van der Waals surface area contributed by atoms with Crippen molar-refractivity contribution in [2.45, 2.75) is 43.5 Å². The molecule has 0 aromatic carbocycles. The molecule has 2 amide bonds. The second-order valence-electron chi connectivity index (χ2n) is 4.48. The van der Waals surface area contributed by atoms with Crippen LogP contribution in [-0.2, 0) is 9.59 Å². The minimum absolute atomic E-state index is 0.152. The molecule has 21 heavy (non-hydrogen) atoms. The van der Waals surface area contributed by atoms with Crippen LogP contribution in [-0.4, -0.2) is 63.0 Å². The molecular weight excluding hydrogens is 323 g/mol. The van der Waals surface area contributed by atoms with Crippen LogP contribution >= 0.6 is 23.2 Å². The number of rotatable bonds is 9. The summed E-state index contributed by atoms with van der Waals surface area (Å²) in [6.07, 6.45) is 1.21. The van der Waals surface area contributed by atoms with E-state index in [9.17, 15) is 14.4 Å². The van der Waals surface area contributed by atoms with Gasteiger partial charge in [-0.05, 0) is 12.8 Å². The van der Waals surface area contributed by atoms with Crippen LogP contribution in [0.15, 0.2) is 0 Å². The number of nitrogens with zero attached hydrogens (tertiary/aromatic N) is 1. The normalized spacial score (nSPS) is 13.6. The van der Waals surface area contributed by atoms with Gasteiger partial charge in [-0.2, -0.15) is 0 Å². The van der Waals surface area contributed by atoms with E-state index in [1.807, 2.05) is 19.2 Å². The summed E-state index contributed by atoms with van der Waals surface area (Å²) in [5, 5.41) is 18.8. The number of carboxylic acids is 2. The van der Waals surface area contributed by atoms with Crippen molar-refractivity contribution in [3.05, 3.63) is 0 Å². The molecule has 0 saturated carbocycles. The maximum atomic E-state index is 12.0. The van der Waals surface area contributed by atoms with Crippen molar-refractivity contribution in [1.29, 1.82) is 0 Å². The van der Waals surface area contributed by atoms with E-state index < -0.39 is 24.0 Å². The van der Waals surface area contributed by atoms with Crippen LogP contribution in [0.4, 0.5) is 4.79 Å². The minimum Gasteiger partial charge on any atom is -0.479 e. The van der Waals surface area contributed by atoms with Gasteiger partial charge in [-0.3, -0.25) is 0 Å². The van der Waals surface area contributed by atoms with E-state index >= 15 is 0 Å². The lowest BCUT2D eigenvalue weighted by Crippen LogP contribution is -2.53. The van der Waals surface area contributed by atoms with E-state index in [-0.39, 0.29) is 23.8 Å². The van der Waals surface area contributed by atoms with Crippen molar-refractivity contribution in [2.75, 3.05) is 13.1 Å². The van der Waals surface area contributed by atoms with Crippen LogP contribution in [0.2, 0.25) is 0 Å². The molecule has 0 spiro atoms. The minimum atomic E-state index is -2.01. The SMILES string of the molecule is CCC(Cl)CN(CC(Cl)CC)C(=O)NC(C(=O)O)C(=O)O. The van der Waals surface area contributed by atoms with Gasteiger partial charge in [0.15, 0.2) is 0 Å². The molecule has 9 heteroatoms. The molecule has 2 atom stereocenters. The molecule has 122 valence electrons. The number of halogens is 2. The van der Waals surface area contributed by atoms with E-state index in [1.165, 1.54) is 4.90 Å². The predicted molar refractivity (Wildman–Crippen MR) is 79.0 cm³/mol. The molecule has 2 unspecified atom stereocenters. The highest BCUT2D eigenvalue weighted by Gasteiger charge is 2.30. The van der Waals surface area contributed by atoms with Gasteiger partial charge in [0.05, 0.1) is 10.8 Å². The van der Waals surface area contributed by atoms with Gasteiger partial charge in [-0.1, -0.05) is 13.8 Å². The zero-order chi connectivity index (χ0) is 16.6. The van der Waals surface area contributed by atoms with Crippen LogP contribution in [0.25, 0.3) is 0 Å². The maximum Gasteiger partial charge on any atom is 0.338 e. The molecule has 0 heterocycles. The van der Waals surface area contributed by atoms with E-state index in [0.717, 1.165) is 0 Å². The van der Waals surface area contributed by atoms with Crippen LogP contribution in [0.3, 0.4) is 0 Å². The van der Waals surface area contributed by atoms with Gasteiger partial charge in [-0.25, -0.2) is 14.4 Å². The third-order valence-corrected chi connectivity index (χ3v) is 3.67. The Morgan fingerprint density at radius 3 is 1.67 bits per heavy atom. The van der Waals surface area contributed by atoms with Crippen molar-refractivity contribution in [2.24, 2.45) is 0 Å². The third-order valence-electron chi connectivity index (χ3n) is 2.77. The first kappa shape index (κ1) is 19.8. The summed E-state index contributed by atoms with van der Waals surface area (Å²) in [6.45, 7) is 3.98. The lowest BCUT2D eigenvalue weighted by molar-refractivity contribution is -0.150. The Labute approximate surface area is 133 Å². The number of nitrogens with one attached hydrogen (secondary N) is 1. The van der Waals surface area contributed by atoms with Gasteiger partial charge in [-0.15, -0.1) is 23.2 Å². The number of aliphatic carboxylic acids is 2. The van der Waals surface area contributed by atoms with Crippen molar-refractivity contribution in [1.82, 2.24) is 10.2 Å². The number of carbonyl (C=O) groups excluding carboxylic acids is 1. The lowest BCUT2D eigenvalue weighted by atomic mass is 10.2. The first-order chi connectivity index (χ1) is 9.72. The molecule has 7 nitrogen and oxygen atoms in total. The summed E-state index contributed by atoms with van der Waals surface area (Å²) in [6, 6.07) is -2.83. The van der Waals surface area contributed by atoms with E-state index in [0.29, 0.717) is 12.8 Å². The van der Waals surface area contributed by atoms with Crippen LogP contribution < -0.4 is 5.32 Å². The van der Waals surface area contributed by atoms with Crippen molar-refractivity contribution in [3.63, 3.8) is 0 Å². The summed E-state index contributed by atoms with van der Waals surface area (Å²) in [5.74, 6) is -3.29. The summed E-state index contributed by atoms with van der Waals surface area (Å²) < 4.78 is 0. The van der Waals surface area contributed by atoms with Crippen LogP contribution in [0, 0.1) is 0 Å².